The normalized spacial score (nSPS) is 23.0. The van der Waals surface area contributed by atoms with E-state index in [1.165, 1.54) is 6.42 Å². The Morgan fingerprint density at radius 3 is 2.69 bits per heavy atom. The first-order valence-corrected chi connectivity index (χ1v) is 12.4. The van der Waals surface area contributed by atoms with E-state index in [1.807, 2.05) is 53.4 Å². The van der Waals surface area contributed by atoms with Gasteiger partial charge in [0.1, 0.15) is 5.75 Å². The highest BCUT2D eigenvalue weighted by molar-refractivity contribution is 8.01. The zero-order valence-corrected chi connectivity index (χ0v) is 19.2. The molecule has 5 rings (SSSR count). The maximum Gasteiger partial charge on any atom is 0.319 e. The van der Waals surface area contributed by atoms with Gasteiger partial charge < -0.3 is 15.0 Å². The fourth-order valence-corrected chi connectivity index (χ4v) is 6.60. The van der Waals surface area contributed by atoms with Gasteiger partial charge in [0.2, 0.25) is 0 Å². The zero-order valence-electron chi connectivity index (χ0n) is 18.4. The molecule has 2 aromatic rings. The lowest BCUT2D eigenvalue weighted by Crippen LogP contribution is -2.55. The Morgan fingerprint density at radius 2 is 1.94 bits per heavy atom. The van der Waals surface area contributed by atoms with Crippen molar-refractivity contribution in [3.05, 3.63) is 59.7 Å². The van der Waals surface area contributed by atoms with Gasteiger partial charge in [-0.15, -0.1) is 11.8 Å². The third-order valence-electron chi connectivity index (χ3n) is 6.76. The number of rotatable bonds is 4. The molecule has 1 aliphatic carbocycles. The summed E-state index contributed by atoms with van der Waals surface area (Å²) in [6, 6.07) is 15.8. The van der Waals surface area contributed by atoms with Crippen molar-refractivity contribution in [2.75, 3.05) is 24.3 Å². The van der Waals surface area contributed by atoms with E-state index in [-0.39, 0.29) is 18.0 Å². The van der Waals surface area contributed by atoms with Crippen LogP contribution in [0.3, 0.4) is 0 Å². The van der Waals surface area contributed by atoms with E-state index < -0.39 is 4.87 Å². The molecule has 168 valence electrons. The summed E-state index contributed by atoms with van der Waals surface area (Å²) in [7, 11) is 1.63. The number of amides is 3. The average Bonchev–Trinajstić information content (AvgIpc) is 3.37. The van der Waals surface area contributed by atoms with Gasteiger partial charge in [-0.2, -0.15) is 0 Å². The number of fused-ring (bicyclic) bond motifs is 2. The minimum Gasteiger partial charge on any atom is -0.497 e. The highest BCUT2D eigenvalue weighted by atomic mass is 32.2. The van der Waals surface area contributed by atoms with Crippen LogP contribution < -0.4 is 15.0 Å². The highest BCUT2D eigenvalue weighted by Crippen LogP contribution is 2.55. The minimum absolute atomic E-state index is 0.0501. The van der Waals surface area contributed by atoms with Crippen molar-refractivity contribution in [3.8, 4) is 5.75 Å². The molecule has 2 fully saturated rings. The van der Waals surface area contributed by atoms with Crippen molar-refractivity contribution in [3.63, 3.8) is 0 Å². The third kappa shape index (κ3) is 3.52. The lowest BCUT2D eigenvalue weighted by molar-refractivity contribution is -0.123. The molecule has 2 heterocycles. The Morgan fingerprint density at radius 1 is 1.16 bits per heavy atom. The van der Waals surface area contributed by atoms with Crippen LogP contribution >= 0.6 is 11.8 Å². The number of hydrogen-bond donors (Lipinski definition) is 1. The van der Waals surface area contributed by atoms with E-state index in [4.69, 9.17) is 4.74 Å². The minimum atomic E-state index is -1.04. The summed E-state index contributed by atoms with van der Waals surface area (Å²) < 4.78 is 5.49. The second-order valence-electron chi connectivity index (χ2n) is 8.69. The van der Waals surface area contributed by atoms with E-state index in [1.54, 1.807) is 23.8 Å². The smallest absolute Gasteiger partial charge is 0.319 e. The number of ether oxygens (including phenoxy) is 1. The lowest BCUT2D eigenvalue weighted by Gasteiger charge is -2.35. The summed E-state index contributed by atoms with van der Waals surface area (Å²) in [5.41, 5.74) is 2.75. The standard InChI is InChI=1S/C25H29N3O3S/c1-31-20-12-13-22-21(16-20)25(23(29)27(22)17-18-8-4-2-5-9-18)28(14-15-32-25)24(30)26-19-10-6-3-7-11-19/h2,4-5,8-9,12-13,16,19H,3,6-7,10-11,14-15,17H2,1H3,(H,26,30)/t25-/m1/s1. The molecule has 1 saturated heterocycles. The molecule has 32 heavy (non-hydrogen) atoms. The Labute approximate surface area is 193 Å². The van der Waals surface area contributed by atoms with Gasteiger partial charge >= 0.3 is 6.03 Å². The predicted molar refractivity (Wildman–Crippen MR) is 127 cm³/mol. The molecule has 0 bridgehead atoms. The van der Waals surface area contributed by atoms with E-state index in [2.05, 4.69) is 5.32 Å². The van der Waals surface area contributed by atoms with Crippen molar-refractivity contribution in [1.82, 2.24) is 10.2 Å². The summed E-state index contributed by atoms with van der Waals surface area (Å²) in [5.74, 6) is 1.36. The van der Waals surface area contributed by atoms with Gasteiger partial charge in [0.25, 0.3) is 5.91 Å². The second-order valence-corrected chi connectivity index (χ2v) is 9.98. The first-order valence-electron chi connectivity index (χ1n) is 11.4. The molecule has 1 saturated carbocycles. The van der Waals surface area contributed by atoms with Crippen LogP contribution in [0.1, 0.15) is 43.2 Å². The maximum absolute atomic E-state index is 14.0. The molecule has 0 unspecified atom stereocenters. The largest absolute Gasteiger partial charge is 0.497 e. The monoisotopic (exact) mass is 451 g/mol. The van der Waals surface area contributed by atoms with Crippen molar-refractivity contribution in [1.29, 1.82) is 0 Å². The molecule has 0 aromatic heterocycles. The Balaban J connectivity index is 1.51. The van der Waals surface area contributed by atoms with Crippen LogP contribution in [0.25, 0.3) is 0 Å². The van der Waals surface area contributed by atoms with Crippen LogP contribution in [0.2, 0.25) is 0 Å². The summed E-state index contributed by atoms with van der Waals surface area (Å²) in [6.07, 6.45) is 5.55. The number of benzene rings is 2. The van der Waals surface area contributed by atoms with Gasteiger partial charge in [0, 0.05) is 23.9 Å². The molecule has 3 aliphatic rings. The van der Waals surface area contributed by atoms with Crippen LogP contribution in [0.4, 0.5) is 10.5 Å². The number of urea groups is 1. The van der Waals surface area contributed by atoms with Crippen molar-refractivity contribution < 1.29 is 14.3 Å². The first kappa shape index (κ1) is 21.2. The maximum atomic E-state index is 14.0. The number of anilines is 1. The van der Waals surface area contributed by atoms with E-state index in [0.29, 0.717) is 18.8 Å². The highest BCUT2D eigenvalue weighted by Gasteiger charge is 2.59. The number of hydrogen-bond acceptors (Lipinski definition) is 4. The van der Waals surface area contributed by atoms with Crippen molar-refractivity contribution >= 4 is 29.4 Å². The molecular formula is C25H29N3O3S. The predicted octanol–water partition coefficient (Wildman–Crippen LogP) is 4.49. The molecule has 2 aromatic carbocycles. The second kappa shape index (κ2) is 8.70. The SMILES string of the molecule is COc1ccc2c(c1)[C@@]1(SCCN1C(=O)NC1CCCCC1)C(=O)N2Cc1ccccc1. The Kier molecular flexibility index (Phi) is 5.76. The Bertz CT molecular complexity index is 1010. The third-order valence-corrected chi connectivity index (χ3v) is 8.18. The van der Waals surface area contributed by atoms with Crippen LogP contribution in [0, 0.1) is 0 Å². The van der Waals surface area contributed by atoms with Gasteiger partial charge in [-0.25, -0.2) is 4.79 Å². The van der Waals surface area contributed by atoms with E-state index >= 15 is 0 Å². The summed E-state index contributed by atoms with van der Waals surface area (Å²) in [6.45, 7) is 1.02. The zero-order chi connectivity index (χ0) is 22.1. The van der Waals surface area contributed by atoms with Crippen molar-refractivity contribution in [2.24, 2.45) is 0 Å². The molecule has 0 radical (unpaired) electrons. The van der Waals surface area contributed by atoms with Crippen LogP contribution in [0.5, 0.6) is 5.75 Å². The van der Waals surface area contributed by atoms with Crippen LogP contribution in [-0.4, -0.2) is 42.3 Å². The number of carbonyl (C=O) groups excluding carboxylic acids is 2. The molecule has 1 N–H and O–H groups in total. The number of nitrogens with one attached hydrogen (secondary N) is 1. The fourth-order valence-electron chi connectivity index (χ4n) is 5.14. The van der Waals surface area contributed by atoms with Gasteiger partial charge in [-0.05, 0) is 36.6 Å². The molecule has 6 nitrogen and oxygen atoms in total. The molecule has 1 atom stereocenters. The topological polar surface area (TPSA) is 61.9 Å². The number of thioether (sulfide) groups is 1. The summed E-state index contributed by atoms with van der Waals surface area (Å²) >= 11 is 1.55. The summed E-state index contributed by atoms with van der Waals surface area (Å²) in [4.78, 5) is 30.0. The fraction of sp³-hybridized carbons (Fsp3) is 0.440. The van der Waals surface area contributed by atoms with Crippen molar-refractivity contribution in [2.45, 2.75) is 49.6 Å². The quantitative estimate of drug-likeness (QED) is 0.744. The molecule has 1 spiro atoms. The van der Waals surface area contributed by atoms with E-state index in [0.717, 1.165) is 48.3 Å². The van der Waals surface area contributed by atoms with Crippen LogP contribution in [0.15, 0.2) is 48.5 Å². The molecule has 2 aliphatic heterocycles. The van der Waals surface area contributed by atoms with Crippen LogP contribution in [-0.2, 0) is 16.2 Å². The van der Waals surface area contributed by atoms with Gasteiger partial charge in [0.05, 0.1) is 19.3 Å². The molecular weight excluding hydrogens is 422 g/mol. The lowest BCUT2D eigenvalue weighted by atomic mass is 9.95. The van der Waals surface area contributed by atoms with Gasteiger partial charge in [-0.1, -0.05) is 49.6 Å². The number of methoxy groups -OCH3 is 1. The van der Waals surface area contributed by atoms with Gasteiger partial charge in [-0.3, -0.25) is 9.69 Å². The van der Waals surface area contributed by atoms with E-state index in [9.17, 15) is 9.59 Å². The number of carbonyl (C=O) groups is 2. The number of nitrogens with zero attached hydrogens (tertiary/aromatic N) is 2. The molecule has 7 heteroatoms. The Hall–Kier alpha value is -2.67. The average molecular weight is 452 g/mol. The van der Waals surface area contributed by atoms with Gasteiger partial charge in [0.15, 0.2) is 4.87 Å². The summed E-state index contributed by atoms with van der Waals surface area (Å²) in [5, 5.41) is 3.23. The molecule has 3 amide bonds. The first-order chi connectivity index (χ1) is 15.6.